The number of benzene rings is 2. The van der Waals surface area contributed by atoms with Crippen molar-refractivity contribution in [3.63, 3.8) is 0 Å². The zero-order valence-electron chi connectivity index (χ0n) is 15.7. The molecule has 0 saturated carbocycles. The Morgan fingerprint density at radius 1 is 1.21 bits per heavy atom. The van der Waals surface area contributed by atoms with Crippen LogP contribution in [0.3, 0.4) is 0 Å². The number of carbonyl (C=O) groups excluding carboxylic acids is 3. The number of rotatable bonds is 5. The smallest absolute Gasteiger partial charge is 0.311 e. The number of hydrogen-bond donors (Lipinski definition) is 1. The van der Waals surface area contributed by atoms with Gasteiger partial charge in [0.2, 0.25) is 5.91 Å². The third kappa shape index (κ3) is 4.57. The molecule has 0 aliphatic carbocycles. The van der Waals surface area contributed by atoms with Gasteiger partial charge in [-0.05, 0) is 19.1 Å². The molecular formula is C20H19N3O6. The first-order valence-corrected chi connectivity index (χ1v) is 8.95. The predicted molar refractivity (Wildman–Crippen MR) is 104 cm³/mol. The van der Waals surface area contributed by atoms with Crippen LogP contribution < -0.4 is 10.2 Å². The topological polar surface area (TPSA) is 119 Å². The lowest BCUT2D eigenvalue weighted by Gasteiger charge is -2.27. The van der Waals surface area contributed by atoms with Gasteiger partial charge in [-0.1, -0.05) is 30.3 Å². The standard InChI is InChI=1S/C20H19N3O6/c1-13-10-18(24)21-15-7-3-5-9-17(15)22(13)19(25)12-29-20(26)11-14-6-2-4-8-16(14)23(27)28/h2-9,13H,10-12H2,1H3,(H,21,24)/t13-/m1/s1. The van der Waals surface area contributed by atoms with Gasteiger partial charge in [-0.3, -0.25) is 24.5 Å². The van der Waals surface area contributed by atoms with Crippen molar-refractivity contribution in [2.24, 2.45) is 0 Å². The quantitative estimate of drug-likeness (QED) is 0.470. The lowest BCUT2D eigenvalue weighted by molar-refractivity contribution is -0.385. The molecule has 0 bridgehead atoms. The molecule has 29 heavy (non-hydrogen) atoms. The van der Waals surface area contributed by atoms with Crippen molar-refractivity contribution >= 4 is 34.8 Å². The van der Waals surface area contributed by atoms with Crippen molar-refractivity contribution in [3.8, 4) is 0 Å². The van der Waals surface area contributed by atoms with Gasteiger partial charge in [0.1, 0.15) is 0 Å². The summed E-state index contributed by atoms with van der Waals surface area (Å²) in [7, 11) is 0. The maximum atomic E-state index is 12.8. The maximum Gasteiger partial charge on any atom is 0.311 e. The third-order valence-electron chi connectivity index (χ3n) is 4.51. The van der Waals surface area contributed by atoms with E-state index in [1.54, 1.807) is 37.3 Å². The predicted octanol–water partition coefficient (Wildman–Crippen LogP) is 2.44. The Labute approximate surface area is 166 Å². The molecule has 2 aromatic rings. The summed E-state index contributed by atoms with van der Waals surface area (Å²) in [6, 6.07) is 12.3. The zero-order chi connectivity index (χ0) is 21.0. The second-order valence-corrected chi connectivity index (χ2v) is 6.61. The fourth-order valence-electron chi connectivity index (χ4n) is 3.22. The Hall–Kier alpha value is -3.75. The first-order valence-electron chi connectivity index (χ1n) is 8.95. The number of fused-ring (bicyclic) bond motifs is 1. The molecular weight excluding hydrogens is 378 g/mol. The van der Waals surface area contributed by atoms with Crippen LogP contribution in [-0.4, -0.2) is 35.4 Å². The summed E-state index contributed by atoms with van der Waals surface area (Å²) < 4.78 is 5.07. The number of nitrogens with zero attached hydrogens (tertiary/aromatic N) is 2. The van der Waals surface area contributed by atoms with E-state index in [1.165, 1.54) is 23.1 Å². The van der Waals surface area contributed by atoms with E-state index in [1.807, 2.05) is 0 Å². The van der Waals surface area contributed by atoms with Crippen molar-refractivity contribution < 1.29 is 24.0 Å². The fourth-order valence-corrected chi connectivity index (χ4v) is 3.22. The number of carbonyl (C=O) groups is 3. The summed E-state index contributed by atoms with van der Waals surface area (Å²) in [6.07, 6.45) is -0.221. The lowest BCUT2D eigenvalue weighted by atomic mass is 10.1. The molecule has 1 N–H and O–H groups in total. The van der Waals surface area contributed by atoms with Crippen molar-refractivity contribution in [1.82, 2.24) is 0 Å². The van der Waals surface area contributed by atoms with Gasteiger partial charge < -0.3 is 15.0 Å². The molecule has 150 valence electrons. The van der Waals surface area contributed by atoms with Gasteiger partial charge in [0.05, 0.1) is 22.7 Å². The molecule has 1 atom stereocenters. The number of nitrogens with one attached hydrogen (secondary N) is 1. The average Bonchev–Trinajstić information content (AvgIpc) is 2.80. The molecule has 0 unspecified atom stereocenters. The van der Waals surface area contributed by atoms with Gasteiger partial charge in [0.25, 0.3) is 11.6 Å². The summed E-state index contributed by atoms with van der Waals surface area (Å²) in [6.45, 7) is 1.20. The second-order valence-electron chi connectivity index (χ2n) is 6.61. The van der Waals surface area contributed by atoms with Crippen molar-refractivity contribution in [2.45, 2.75) is 25.8 Å². The SMILES string of the molecule is C[C@@H]1CC(=O)Nc2ccccc2N1C(=O)COC(=O)Cc1ccccc1[N+](=O)[O-]. The normalized spacial score (nSPS) is 15.7. The Morgan fingerprint density at radius 2 is 1.90 bits per heavy atom. The third-order valence-corrected chi connectivity index (χ3v) is 4.51. The van der Waals surface area contributed by atoms with Gasteiger partial charge in [-0.2, -0.15) is 0 Å². The minimum Gasteiger partial charge on any atom is -0.455 e. The molecule has 1 aliphatic heterocycles. The number of nitro groups is 1. The number of amides is 2. The van der Waals surface area contributed by atoms with Crippen LogP contribution in [0.1, 0.15) is 18.9 Å². The molecule has 0 radical (unpaired) electrons. The lowest BCUT2D eigenvalue weighted by Crippen LogP contribution is -2.41. The molecule has 1 heterocycles. The number of hydrogen-bond acceptors (Lipinski definition) is 6. The minimum atomic E-state index is -0.752. The summed E-state index contributed by atoms with van der Waals surface area (Å²) >= 11 is 0. The van der Waals surface area contributed by atoms with E-state index < -0.39 is 29.4 Å². The van der Waals surface area contributed by atoms with Gasteiger partial charge in [-0.25, -0.2) is 0 Å². The molecule has 0 saturated heterocycles. The monoisotopic (exact) mass is 397 g/mol. The van der Waals surface area contributed by atoms with E-state index in [0.29, 0.717) is 11.4 Å². The van der Waals surface area contributed by atoms with Gasteiger partial charge in [0.15, 0.2) is 6.61 Å². The molecule has 0 aromatic heterocycles. The number of esters is 1. The van der Waals surface area contributed by atoms with Crippen LogP contribution in [0.15, 0.2) is 48.5 Å². The van der Waals surface area contributed by atoms with E-state index in [9.17, 15) is 24.5 Å². The Morgan fingerprint density at radius 3 is 2.66 bits per heavy atom. The number of ether oxygens (including phenoxy) is 1. The highest BCUT2D eigenvalue weighted by atomic mass is 16.6. The van der Waals surface area contributed by atoms with E-state index in [4.69, 9.17) is 4.74 Å². The summed E-state index contributed by atoms with van der Waals surface area (Å²) in [5, 5.41) is 13.8. The molecule has 9 nitrogen and oxygen atoms in total. The van der Waals surface area contributed by atoms with E-state index in [-0.39, 0.29) is 30.0 Å². The highest BCUT2D eigenvalue weighted by molar-refractivity contribution is 6.05. The van der Waals surface area contributed by atoms with Crippen molar-refractivity contribution in [2.75, 3.05) is 16.8 Å². The van der Waals surface area contributed by atoms with Gasteiger partial charge in [0, 0.05) is 24.1 Å². The molecule has 2 amide bonds. The van der Waals surface area contributed by atoms with Crippen molar-refractivity contribution in [1.29, 1.82) is 0 Å². The maximum absolute atomic E-state index is 12.8. The van der Waals surface area contributed by atoms with Crippen molar-refractivity contribution in [3.05, 3.63) is 64.2 Å². The van der Waals surface area contributed by atoms with Gasteiger partial charge >= 0.3 is 5.97 Å². The van der Waals surface area contributed by atoms with Gasteiger partial charge in [-0.15, -0.1) is 0 Å². The average molecular weight is 397 g/mol. The fraction of sp³-hybridized carbons (Fsp3) is 0.250. The largest absolute Gasteiger partial charge is 0.455 e. The minimum absolute atomic E-state index is 0.102. The Balaban J connectivity index is 1.70. The summed E-state index contributed by atoms with van der Waals surface area (Å²) in [5.74, 6) is -1.45. The van der Waals surface area contributed by atoms with E-state index >= 15 is 0 Å². The molecule has 0 spiro atoms. The molecule has 2 aromatic carbocycles. The van der Waals surface area contributed by atoms with Crippen LogP contribution in [0.25, 0.3) is 0 Å². The van der Waals surface area contributed by atoms with Crippen LogP contribution in [0.5, 0.6) is 0 Å². The highest BCUT2D eigenvalue weighted by Gasteiger charge is 2.30. The number of para-hydroxylation sites is 3. The molecule has 3 rings (SSSR count). The van der Waals surface area contributed by atoms with Crippen LogP contribution >= 0.6 is 0 Å². The van der Waals surface area contributed by atoms with E-state index in [2.05, 4.69) is 5.32 Å². The molecule has 0 fully saturated rings. The highest BCUT2D eigenvalue weighted by Crippen LogP contribution is 2.31. The number of nitro benzene ring substituents is 1. The second kappa shape index (κ2) is 8.51. The zero-order valence-corrected chi connectivity index (χ0v) is 15.7. The first-order chi connectivity index (χ1) is 13.9. The Kier molecular flexibility index (Phi) is 5.87. The first kappa shape index (κ1) is 20.0. The van der Waals surface area contributed by atoms with Crippen LogP contribution in [-0.2, 0) is 25.5 Å². The number of anilines is 2. The summed E-state index contributed by atoms with van der Waals surface area (Å²) in [5.41, 5.74) is 1.04. The van der Waals surface area contributed by atoms with Crippen LogP contribution in [0.2, 0.25) is 0 Å². The molecule has 9 heteroatoms. The van der Waals surface area contributed by atoms with Crippen LogP contribution in [0, 0.1) is 10.1 Å². The summed E-state index contributed by atoms with van der Waals surface area (Å²) in [4.78, 5) is 48.8. The molecule has 1 aliphatic rings. The van der Waals surface area contributed by atoms with E-state index in [0.717, 1.165) is 0 Å². The Bertz CT molecular complexity index is 974. The van der Waals surface area contributed by atoms with Crippen LogP contribution in [0.4, 0.5) is 17.1 Å².